The van der Waals surface area contributed by atoms with Gasteiger partial charge in [0.05, 0.1) is 6.20 Å². The Balaban J connectivity index is 1.76. The van der Waals surface area contributed by atoms with Crippen molar-refractivity contribution in [3.8, 4) is 0 Å². The number of hydrogen-bond acceptors (Lipinski definition) is 2. The fraction of sp³-hybridized carbons (Fsp3) is 0.500. The van der Waals surface area contributed by atoms with Crippen LogP contribution in [0.2, 0.25) is 0 Å². The van der Waals surface area contributed by atoms with E-state index >= 15 is 0 Å². The second-order valence-electron chi connectivity index (χ2n) is 6.36. The maximum atomic E-state index is 4.42. The Morgan fingerprint density at radius 1 is 1.19 bits per heavy atom. The first kappa shape index (κ1) is 14.3. The van der Waals surface area contributed by atoms with Crippen LogP contribution >= 0.6 is 0 Å². The molecular weight excluding hydrogens is 258 g/mol. The summed E-state index contributed by atoms with van der Waals surface area (Å²) in [6.07, 6.45) is 5.66. The SMILES string of the molecule is Cc1cc(C)c(CNC2CCCc3c2cnn3C)cc1C. The molecule has 1 atom stereocenters. The molecule has 1 aliphatic rings. The molecule has 0 amide bonds. The average Bonchev–Trinajstić information content (AvgIpc) is 2.84. The van der Waals surface area contributed by atoms with Crippen molar-refractivity contribution >= 4 is 0 Å². The van der Waals surface area contributed by atoms with E-state index in [0.717, 1.165) is 13.0 Å². The van der Waals surface area contributed by atoms with Gasteiger partial charge in [-0.15, -0.1) is 0 Å². The van der Waals surface area contributed by atoms with E-state index in [-0.39, 0.29) is 0 Å². The summed E-state index contributed by atoms with van der Waals surface area (Å²) in [4.78, 5) is 0. The molecule has 1 heterocycles. The lowest BCUT2D eigenvalue weighted by atomic mass is 9.92. The molecule has 0 spiro atoms. The quantitative estimate of drug-likeness (QED) is 0.934. The van der Waals surface area contributed by atoms with Crippen LogP contribution in [0.3, 0.4) is 0 Å². The number of aryl methyl sites for hydroxylation is 4. The molecule has 2 aromatic rings. The van der Waals surface area contributed by atoms with Crippen molar-refractivity contribution in [1.29, 1.82) is 0 Å². The van der Waals surface area contributed by atoms with Gasteiger partial charge in [0.15, 0.2) is 0 Å². The van der Waals surface area contributed by atoms with E-state index in [1.807, 2.05) is 10.9 Å². The summed E-state index contributed by atoms with van der Waals surface area (Å²) >= 11 is 0. The average molecular weight is 283 g/mol. The molecule has 3 nitrogen and oxygen atoms in total. The molecular formula is C18H25N3. The monoisotopic (exact) mass is 283 g/mol. The Morgan fingerprint density at radius 3 is 2.76 bits per heavy atom. The molecule has 1 aromatic heterocycles. The Kier molecular flexibility index (Phi) is 3.85. The van der Waals surface area contributed by atoms with E-state index in [2.05, 4.69) is 50.4 Å². The Labute approximate surface area is 127 Å². The van der Waals surface area contributed by atoms with E-state index in [1.165, 1.54) is 46.4 Å². The summed E-state index contributed by atoms with van der Waals surface area (Å²) in [6, 6.07) is 5.07. The van der Waals surface area contributed by atoms with Crippen LogP contribution < -0.4 is 5.32 Å². The fourth-order valence-corrected chi connectivity index (χ4v) is 3.36. The number of rotatable bonds is 3. The zero-order valence-corrected chi connectivity index (χ0v) is 13.5. The number of nitrogens with zero attached hydrogens (tertiary/aromatic N) is 2. The zero-order valence-electron chi connectivity index (χ0n) is 13.5. The van der Waals surface area contributed by atoms with E-state index in [0.29, 0.717) is 6.04 Å². The van der Waals surface area contributed by atoms with E-state index in [9.17, 15) is 0 Å². The van der Waals surface area contributed by atoms with Crippen molar-refractivity contribution in [1.82, 2.24) is 15.1 Å². The molecule has 0 saturated carbocycles. The molecule has 1 unspecified atom stereocenters. The van der Waals surface area contributed by atoms with E-state index in [1.54, 1.807) is 0 Å². The molecule has 0 saturated heterocycles. The summed E-state index contributed by atoms with van der Waals surface area (Å²) in [5, 5.41) is 8.17. The molecule has 0 radical (unpaired) electrons. The molecule has 0 fully saturated rings. The van der Waals surface area contributed by atoms with Gasteiger partial charge in [0.2, 0.25) is 0 Å². The minimum absolute atomic E-state index is 0.448. The molecule has 0 bridgehead atoms. The van der Waals surface area contributed by atoms with Crippen LogP contribution in [-0.4, -0.2) is 9.78 Å². The standard InChI is InChI=1S/C18H25N3/c1-12-8-14(3)15(9-13(12)2)10-19-17-6-5-7-18-16(17)11-20-21(18)4/h8-9,11,17,19H,5-7,10H2,1-4H3. The van der Waals surface area contributed by atoms with Crippen molar-refractivity contribution in [2.45, 2.75) is 52.6 Å². The number of benzene rings is 1. The Bertz CT molecular complexity index is 655. The smallest absolute Gasteiger partial charge is 0.0540 e. The lowest BCUT2D eigenvalue weighted by Gasteiger charge is -2.24. The normalized spacial score (nSPS) is 17.8. The van der Waals surface area contributed by atoms with Crippen LogP contribution in [0.1, 0.15) is 52.4 Å². The zero-order chi connectivity index (χ0) is 15.0. The third kappa shape index (κ3) is 2.75. The summed E-state index contributed by atoms with van der Waals surface area (Å²) in [5.41, 5.74) is 8.34. The lowest BCUT2D eigenvalue weighted by Crippen LogP contribution is -2.25. The number of aromatic nitrogens is 2. The van der Waals surface area contributed by atoms with Gasteiger partial charge in [-0.05, 0) is 62.3 Å². The third-order valence-electron chi connectivity index (χ3n) is 4.87. The first-order chi connectivity index (χ1) is 10.1. The number of nitrogens with one attached hydrogen (secondary N) is 1. The maximum absolute atomic E-state index is 4.42. The number of fused-ring (bicyclic) bond motifs is 1. The summed E-state index contributed by atoms with van der Waals surface area (Å²) in [5.74, 6) is 0. The van der Waals surface area contributed by atoms with Crippen LogP contribution in [0.25, 0.3) is 0 Å². The predicted molar refractivity (Wildman–Crippen MR) is 86.4 cm³/mol. The maximum Gasteiger partial charge on any atom is 0.0540 e. The van der Waals surface area contributed by atoms with Gasteiger partial charge in [0.1, 0.15) is 0 Å². The van der Waals surface area contributed by atoms with Gasteiger partial charge in [-0.25, -0.2) is 0 Å². The third-order valence-corrected chi connectivity index (χ3v) is 4.87. The van der Waals surface area contributed by atoms with Crippen molar-refractivity contribution in [3.63, 3.8) is 0 Å². The topological polar surface area (TPSA) is 29.9 Å². The van der Waals surface area contributed by atoms with Crippen LogP contribution in [-0.2, 0) is 20.0 Å². The Morgan fingerprint density at radius 2 is 1.95 bits per heavy atom. The van der Waals surface area contributed by atoms with Crippen LogP contribution in [0.5, 0.6) is 0 Å². The first-order valence-electron chi connectivity index (χ1n) is 7.87. The van der Waals surface area contributed by atoms with Gasteiger partial charge in [-0.1, -0.05) is 12.1 Å². The van der Waals surface area contributed by atoms with Crippen molar-refractivity contribution in [3.05, 3.63) is 51.8 Å². The second-order valence-corrected chi connectivity index (χ2v) is 6.36. The summed E-state index contributed by atoms with van der Waals surface area (Å²) in [7, 11) is 2.05. The minimum atomic E-state index is 0.448. The van der Waals surface area contributed by atoms with Gasteiger partial charge in [0, 0.05) is 30.9 Å². The molecule has 0 aliphatic heterocycles. The van der Waals surface area contributed by atoms with Gasteiger partial charge >= 0.3 is 0 Å². The highest BCUT2D eigenvalue weighted by Gasteiger charge is 2.22. The molecule has 3 heteroatoms. The highest BCUT2D eigenvalue weighted by Crippen LogP contribution is 2.29. The number of hydrogen-bond donors (Lipinski definition) is 1. The van der Waals surface area contributed by atoms with Crippen LogP contribution in [0, 0.1) is 20.8 Å². The minimum Gasteiger partial charge on any atom is -0.306 e. The van der Waals surface area contributed by atoms with Crippen LogP contribution in [0.4, 0.5) is 0 Å². The summed E-state index contributed by atoms with van der Waals surface area (Å²) < 4.78 is 2.03. The van der Waals surface area contributed by atoms with Gasteiger partial charge in [0.25, 0.3) is 0 Å². The first-order valence-corrected chi connectivity index (χ1v) is 7.87. The van der Waals surface area contributed by atoms with Gasteiger partial charge in [-0.2, -0.15) is 5.10 Å². The van der Waals surface area contributed by atoms with E-state index in [4.69, 9.17) is 0 Å². The fourth-order valence-electron chi connectivity index (χ4n) is 3.36. The van der Waals surface area contributed by atoms with E-state index < -0.39 is 0 Å². The summed E-state index contributed by atoms with van der Waals surface area (Å²) in [6.45, 7) is 7.52. The van der Waals surface area contributed by atoms with Crippen molar-refractivity contribution in [2.75, 3.05) is 0 Å². The molecule has 3 rings (SSSR count). The van der Waals surface area contributed by atoms with Crippen molar-refractivity contribution < 1.29 is 0 Å². The van der Waals surface area contributed by atoms with Crippen LogP contribution in [0.15, 0.2) is 18.3 Å². The van der Waals surface area contributed by atoms with Gasteiger partial charge < -0.3 is 5.32 Å². The molecule has 1 aliphatic carbocycles. The Hall–Kier alpha value is -1.61. The highest BCUT2D eigenvalue weighted by molar-refractivity contribution is 5.36. The highest BCUT2D eigenvalue weighted by atomic mass is 15.3. The molecule has 1 N–H and O–H groups in total. The van der Waals surface area contributed by atoms with Gasteiger partial charge in [-0.3, -0.25) is 4.68 Å². The predicted octanol–water partition coefficient (Wildman–Crippen LogP) is 3.51. The second kappa shape index (κ2) is 5.64. The largest absolute Gasteiger partial charge is 0.306 e. The van der Waals surface area contributed by atoms with Crippen molar-refractivity contribution in [2.24, 2.45) is 7.05 Å². The lowest BCUT2D eigenvalue weighted by molar-refractivity contribution is 0.451. The molecule has 21 heavy (non-hydrogen) atoms. The molecule has 1 aromatic carbocycles. The molecule has 112 valence electrons.